The van der Waals surface area contributed by atoms with E-state index < -0.39 is 11.0 Å². The number of halogens is 3. The molecular formula is C21H20Cl2FN3. The second-order valence-corrected chi connectivity index (χ2v) is 8.82. The zero-order valence-electron chi connectivity index (χ0n) is 15.9. The highest BCUT2D eigenvalue weighted by atomic mass is 35.5. The van der Waals surface area contributed by atoms with E-state index >= 15 is 0 Å². The van der Waals surface area contributed by atoms with Crippen molar-refractivity contribution in [1.29, 1.82) is 0 Å². The monoisotopic (exact) mass is 403 g/mol. The van der Waals surface area contributed by atoms with Gasteiger partial charge in [0.25, 0.3) is 0 Å². The molecule has 1 aliphatic rings. The lowest BCUT2D eigenvalue weighted by atomic mass is 9.65. The minimum Gasteiger partial charge on any atom is -0.275 e. The van der Waals surface area contributed by atoms with E-state index in [0.29, 0.717) is 21.1 Å². The van der Waals surface area contributed by atoms with E-state index in [0.717, 1.165) is 22.4 Å². The van der Waals surface area contributed by atoms with Crippen LogP contribution in [0.3, 0.4) is 0 Å². The molecule has 0 fully saturated rings. The predicted octanol–water partition coefficient (Wildman–Crippen LogP) is 5.93. The summed E-state index contributed by atoms with van der Waals surface area (Å²) in [6.07, 6.45) is 0. The van der Waals surface area contributed by atoms with E-state index in [1.54, 1.807) is 16.8 Å². The number of fused-ring (bicyclic) bond motifs is 2. The smallest absolute Gasteiger partial charge is 0.127 e. The minimum absolute atomic E-state index is 0.217. The molecule has 3 aromatic rings. The Labute approximate surface area is 167 Å². The second-order valence-electron chi connectivity index (χ2n) is 8.04. The molecule has 0 unspecified atom stereocenters. The molecule has 2 heterocycles. The van der Waals surface area contributed by atoms with Gasteiger partial charge in [0.1, 0.15) is 11.3 Å². The lowest BCUT2D eigenvalue weighted by Crippen LogP contribution is -2.47. The van der Waals surface area contributed by atoms with Crippen LogP contribution in [0.15, 0.2) is 35.3 Å². The first-order valence-corrected chi connectivity index (χ1v) is 9.52. The SMILES string of the molecule is Cn1nc2c(Cl)c(Cl)ccc2c1C1=NC(C)(C)C(C)(C)c2c(F)cccc21. The zero-order chi connectivity index (χ0) is 19.7. The van der Waals surface area contributed by atoms with Gasteiger partial charge in [0.2, 0.25) is 0 Å². The first kappa shape index (κ1) is 18.5. The molecule has 1 aliphatic heterocycles. The molecule has 0 saturated heterocycles. The van der Waals surface area contributed by atoms with Gasteiger partial charge in [-0.1, -0.05) is 49.2 Å². The molecule has 0 amide bonds. The van der Waals surface area contributed by atoms with Crippen molar-refractivity contribution in [2.45, 2.75) is 38.6 Å². The van der Waals surface area contributed by atoms with E-state index in [4.69, 9.17) is 28.2 Å². The maximum atomic E-state index is 14.9. The molecule has 1 aromatic heterocycles. The van der Waals surface area contributed by atoms with E-state index in [9.17, 15) is 4.39 Å². The third-order valence-electron chi connectivity index (χ3n) is 5.94. The van der Waals surface area contributed by atoms with Crippen molar-refractivity contribution >= 4 is 39.8 Å². The second kappa shape index (κ2) is 5.79. The molecule has 0 aliphatic carbocycles. The summed E-state index contributed by atoms with van der Waals surface area (Å²) in [6.45, 7) is 8.13. The number of benzene rings is 2. The lowest BCUT2D eigenvalue weighted by Gasteiger charge is -2.44. The summed E-state index contributed by atoms with van der Waals surface area (Å²) in [7, 11) is 1.84. The molecule has 2 aromatic carbocycles. The quantitative estimate of drug-likeness (QED) is 0.495. The summed E-state index contributed by atoms with van der Waals surface area (Å²) in [4.78, 5) is 5.07. The Morgan fingerprint density at radius 1 is 1.04 bits per heavy atom. The van der Waals surface area contributed by atoms with Crippen molar-refractivity contribution in [3.05, 3.63) is 63.0 Å². The molecule has 0 atom stereocenters. The van der Waals surface area contributed by atoms with Crippen molar-refractivity contribution in [3.8, 4) is 0 Å². The minimum atomic E-state index is -0.510. The number of hydrogen-bond donors (Lipinski definition) is 0. The molecule has 3 nitrogen and oxygen atoms in total. The molecule has 0 N–H and O–H groups in total. The van der Waals surface area contributed by atoms with Crippen molar-refractivity contribution < 1.29 is 4.39 Å². The van der Waals surface area contributed by atoms with Gasteiger partial charge in [0.15, 0.2) is 0 Å². The summed E-state index contributed by atoms with van der Waals surface area (Å²) in [5.41, 5.74) is 2.63. The molecule has 0 radical (unpaired) electrons. The highest BCUT2D eigenvalue weighted by Crippen LogP contribution is 2.45. The Morgan fingerprint density at radius 2 is 1.74 bits per heavy atom. The van der Waals surface area contributed by atoms with Gasteiger partial charge in [-0.3, -0.25) is 9.67 Å². The molecule has 140 valence electrons. The van der Waals surface area contributed by atoms with E-state index in [1.807, 2.05) is 46.9 Å². The van der Waals surface area contributed by atoms with Gasteiger partial charge < -0.3 is 0 Å². The Hall–Kier alpha value is -1.91. The number of aryl methyl sites for hydroxylation is 1. The van der Waals surface area contributed by atoms with E-state index in [-0.39, 0.29) is 5.82 Å². The van der Waals surface area contributed by atoms with Gasteiger partial charge in [0.05, 0.1) is 27.0 Å². The Kier molecular flexibility index (Phi) is 3.96. The van der Waals surface area contributed by atoms with Crippen LogP contribution in [0.1, 0.15) is 44.5 Å². The highest BCUT2D eigenvalue weighted by molar-refractivity contribution is 6.45. The highest BCUT2D eigenvalue weighted by Gasteiger charge is 2.46. The van der Waals surface area contributed by atoms with Gasteiger partial charge in [0, 0.05) is 29.0 Å². The number of aromatic nitrogens is 2. The number of hydrogen-bond acceptors (Lipinski definition) is 2. The molecule has 0 saturated carbocycles. The summed E-state index contributed by atoms with van der Waals surface area (Å²) in [5.74, 6) is -0.217. The Morgan fingerprint density at radius 3 is 2.44 bits per heavy atom. The van der Waals surface area contributed by atoms with Crippen molar-refractivity contribution in [2.75, 3.05) is 0 Å². The molecular weight excluding hydrogens is 384 g/mol. The van der Waals surface area contributed by atoms with Gasteiger partial charge in [-0.05, 0) is 32.0 Å². The fraction of sp³-hybridized carbons (Fsp3) is 0.333. The van der Waals surface area contributed by atoms with Gasteiger partial charge in [-0.2, -0.15) is 5.10 Å². The molecule has 6 heteroatoms. The zero-order valence-corrected chi connectivity index (χ0v) is 17.4. The first-order chi connectivity index (χ1) is 12.6. The molecule has 0 bridgehead atoms. The Bertz CT molecular complexity index is 1130. The fourth-order valence-electron chi connectivity index (χ4n) is 3.81. The Balaban J connectivity index is 2.11. The maximum absolute atomic E-state index is 14.9. The fourth-order valence-corrected chi connectivity index (χ4v) is 4.16. The van der Waals surface area contributed by atoms with Crippen LogP contribution >= 0.6 is 23.2 Å². The third kappa shape index (κ3) is 2.46. The van der Waals surface area contributed by atoms with Crippen LogP contribution in [0, 0.1) is 5.82 Å². The number of nitrogens with zero attached hydrogens (tertiary/aromatic N) is 3. The third-order valence-corrected chi connectivity index (χ3v) is 6.73. The number of rotatable bonds is 1. The van der Waals surface area contributed by atoms with Crippen LogP contribution < -0.4 is 0 Å². The molecule has 27 heavy (non-hydrogen) atoms. The average Bonchev–Trinajstić information content (AvgIpc) is 2.91. The van der Waals surface area contributed by atoms with Gasteiger partial charge in [-0.25, -0.2) is 4.39 Å². The van der Waals surface area contributed by atoms with Gasteiger partial charge >= 0.3 is 0 Å². The maximum Gasteiger partial charge on any atom is 0.127 e. The van der Waals surface area contributed by atoms with Gasteiger partial charge in [-0.15, -0.1) is 0 Å². The van der Waals surface area contributed by atoms with Crippen LogP contribution in [0.25, 0.3) is 10.9 Å². The summed E-state index contributed by atoms with van der Waals surface area (Å²) in [5, 5.41) is 6.26. The largest absolute Gasteiger partial charge is 0.275 e. The van der Waals surface area contributed by atoms with Crippen molar-refractivity contribution in [1.82, 2.24) is 9.78 Å². The van der Waals surface area contributed by atoms with Crippen LogP contribution in [0.5, 0.6) is 0 Å². The van der Waals surface area contributed by atoms with Crippen LogP contribution in [-0.4, -0.2) is 21.0 Å². The average molecular weight is 404 g/mol. The summed E-state index contributed by atoms with van der Waals surface area (Å²) in [6, 6.07) is 8.80. The van der Waals surface area contributed by atoms with Crippen LogP contribution in [0.2, 0.25) is 10.0 Å². The lowest BCUT2D eigenvalue weighted by molar-refractivity contribution is 0.293. The van der Waals surface area contributed by atoms with Crippen molar-refractivity contribution in [2.24, 2.45) is 12.0 Å². The standard InChI is InChI=1S/C21H20Cl2FN3/c1-20(2)15-11(7-6-8-14(15)24)18(25-21(20,3)4)19-12-9-10-13(22)16(23)17(12)26-27(19)5/h6-10H,1-5H3. The molecule has 0 spiro atoms. The summed E-state index contributed by atoms with van der Waals surface area (Å²) >= 11 is 12.5. The normalized spacial score (nSPS) is 17.7. The first-order valence-electron chi connectivity index (χ1n) is 8.76. The van der Waals surface area contributed by atoms with E-state index in [1.165, 1.54) is 6.07 Å². The molecule has 4 rings (SSSR count). The number of aliphatic imine (C=N–C) groups is 1. The van der Waals surface area contributed by atoms with Crippen molar-refractivity contribution in [3.63, 3.8) is 0 Å². The van der Waals surface area contributed by atoms with Crippen LogP contribution in [0.4, 0.5) is 4.39 Å². The predicted molar refractivity (Wildman–Crippen MR) is 110 cm³/mol. The van der Waals surface area contributed by atoms with E-state index in [2.05, 4.69) is 5.10 Å². The van der Waals surface area contributed by atoms with Crippen LogP contribution in [-0.2, 0) is 12.5 Å². The topological polar surface area (TPSA) is 30.2 Å². The summed E-state index contributed by atoms with van der Waals surface area (Å²) < 4.78 is 16.7.